The van der Waals surface area contributed by atoms with Crippen molar-refractivity contribution < 1.29 is 4.79 Å². The highest BCUT2D eigenvalue weighted by Gasteiger charge is 2.33. The van der Waals surface area contributed by atoms with Gasteiger partial charge >= 0.3 is 0 Å². The fourth-order valence-electron chi connectivity index (χ4n) is 4.60. The molecular formula is C22H27N5O. The minimum Gasteiger partial charge on any atom is -0.335 e. The van der Waals surface area contributed by atoms with Gasteiger partial charge in [-0.2, -0.15) is 5.26 Å². The summed E-state index contributed by atoms with van der Waals surface area (Å²) in [6.45, 7) is 5.29. The van der Waals surface area contributed by atoms with Gasteiger partial charge in [0.1, 0.15) is 17.6 Å². The summed E-state index contributed by atoms with van der Waals surface area (Å²) >= 11 is 0. The molecule has 2 aromatic rings. The maximum Gasteiger partial charge on any atom is 0.228 e. The molecule has 6 nitrogen and oxygen atoms in total. The van der Waals surface area contributed by atoms with Gasteiger partial charge in [0.05, 0.1) is 0 Å². The van der Waals surface area contributed by atoms with Crippen molar-refractivity contribution >= 4 is 11.7 Å². The van der Waals surface area contributed by atoms with E-state index in [4.69, 9.17) is 5.73 Å². The monoisotopic (exact) mass is 377 g/mol. The number of hydrogen-bond acceptors (Lipinski definition) is 4. The normalized spacial score (nSPS) is 23.1. The lowest BCUT2D eigenvalue weighted by molar-refractivity contribution is -0.120. The predicted octanol–water partition coefficient (Wildman–Crippen LogP) is 3.46. The van der Waals surface area contributed by atoms with Crippen LogP contribution in [0.1, 0.15) is 50.9 Å². The van der Waals surface area contributed by atoms with Crippen LogP contribution in [0.25, 0.3) is 11.1 Å². The lowest BCUT2D eigenvalue weighted by atomic mass is 9.85. The SMILES string of the molecule is CC1(C)Cc2c(-c3ccnc(NC(=O)[C@H]4CCC[C@@H](N)C4)c3)cc(C#N)n2C1. The summed E-state index contributed by atoms with van der Waals surface area (Å²) < 4.78 is 2.12. The van der Waals surface area contributed by atoms with E-state index in [-0.39, 0.29) is 23.3 Å². The van der Waals surface area contributed by atoms with Crippen molar-refractivity contribution in [3.63, 3.8) is 0 Å². The van der Waals surface area contributed by atoms with Gasteiger partial charge in [0.25, 0.3) is 0 Å². The maximum atomic E-state index is 12.6. The first kappa shape index (κ1) is 18.7. The molecule has 0 bridgehead atoms. The van der Waals surface area contributed by atoms with E-state index in [1.54, 1.807) is 6.20 Å². The fraction of sp³-hybridized carbons (Fsp3) is 0.500. The van der Waals surface area contributed by atoms with E-state index in [1.165, 1.54) is 5.69 Å². The van der Waals surface area contributed by atoms with Gasteiger partial charge in [-0.05, 0) is 54.9 Å². The standard InChI is InChI=1S/C22H27N5O/c1-22(2)11-19-18(10-17(12-23)27(19)13-22)14-6-7-25-20(9-14)26-21(28)15-4-3-5-16(24)8-15/h6-7,9-10,15-16H,3-5,8,11,13,24H2,1-2H3,(H,25,26,28)/t15-,16+/m0/s1. The second-order valence-electron chi connectivity index (χ2n) is 8.97. The zero-order valence-corrected chi connectivity index (χ0v) is 16.5. The van der Waals surface area contributed by atoms with Gasteiger partial charge in [-0.15, -0.1) is 0 Å². The van der Waals surface area contributed by atoms with Gasteiger partial charge in [0.2, 0.25) is 5.91 Å². The molecule has 3 heterocycles. The maximum absolute atomic E-state index is 12.6. The van der Waals surface area contributed by atoms with Gasteiger partial charge < -0.3 is 15.6 Å². The minimum absolute atomic E-state index is 0.000701. The van der Waals surface area contributed by atoms with E-state index in [2.05, 4.69) is 34.8 Å². The molecule has 0 aromatic carbocycles. The van der Waals surface area contributed by atoms with Crippen LogP contribution in [0.3, 0.4) is 0 Å². The Morgan fingerprint density at radius 1 is 1.39 bits per heavy atom. The van der Waals surface area contributed by atoms with Gasteiger partial charge in [-0.3, -0.25) is 4.79 Å². The number of nitriles is 1. The molecule has 0 spiro atoms. The van der Waals surface area contributed by atoms with Crippen LogP contribution in [0.2, 0.25) is 0 Å². The summed E-state index contributed by atoms with van der Waals surface area (Å²) in [5.41, 5.74) is 10.1. The van der Waals surface area contributed by atoms with Crippen LogP contribution in [0.5, 0.6) is 0 Å². The van der Waals surface area contributed by atoms with E-state index in [0.29, 0.717) is 11.5 Å². The number of rotatable bonds is 3. The Labute approximate surface area is 165 Å². The molecule has 1 amide bonds. The Hall–Kier alpha value is -2.65. The average Bonchev–Trinajstić information content (AvgIpc) is 3.14. The van der Waals surface area contributed by atoms with Gasteiger partial charge in [-0.25, -0.2) is 4.98 Å². The van der Waals surface area contributed by atoms with Crippen LogP contribution in [0, 0.1) is 22.7 Å². The number of amides is 1. The van der Waals surface area contributed by atoms with Crippen LogP contribution < -0.4 is 11.1 Å². The molecule has 0 radical (unpaired) electrons. The van der Waals surface area contributed by atoms with E-state index in [9.17, 15) is 10.1 Å². The Bertz CT molecular complexity index is 952. The molecule has 28 heavy (non-hydrogen) atoms. The number of pyridine rings is 1. The van der Waals surface area contributed by atoms with Crippen molar-refractivity contribution in [3.05, 3.63) is 35.8 Å². The number of hydrogen-bond donors (Lipinski definition) is 2. The predicted molar refractivity (Wildman–Crippen MR) is 108 cm³/mol. The van der Waals surface area contributed by atoms with E-state index < -0.39 is 0 Å². The number of carbonyl (C=O) groups excluding carboxylic acids is 1. The quantitative estimate of drug-likeness (QED) is 0.856. The molecule has 2 atom stereocenters. The molecule has 3 N–H and O–H groups in total. The van der Waals surface area contributed by atoms with Crippen LogP contribution >= 0.6 is 0 Å². The second-order valence-corrected chi connectivity index (χ2v) is 8.97. The molecule has 1 fully saturated rings. The van der Waals surface area contributed by atoms with Crippen molar-refractivity contribution in [2.24, 2.45) is 17.1 Å². The smallest absolute Gasteiger partial charge is 0.228 e. The molecule has 1 aliphatic carbocycles. The molecular weight excluding hydrogens is 350 g/mol. The number of aromatic nitrogens is 2. The number of carbonyl (C=O) groups is 1. The largest absolute Gasteiger partial charge is 0.335 e. The third kappa shape index (κ3) is 3.55. The van der Waals surface area contributed by atoms with Crippen LogP contribution in [-0.2, 0) is 17.8 Å². The van der Waals surface area contributed by atoms with Crippen molar-refractivity contribution in [3.8, 4) is 17.2 Å². The molecule has 1 saturated carbocycles. The highest BCUT2D eigenvalue weighted by Crippen LogP contribution is 2.40. The highest BCUT2D eigenvalue weighted by molar-refractivity contribution is 5.92. The van der Waals surface area contributed by atoms with E-state index in [0.717, 1.165) is 49.8 Å². The fourth-order valence-corrected chi connectivity index (χ4v) is 4.60. The van der Waals surface area contributed by atoms with Crippen molar-refractivity contribution in [2.75, 3.05) is 5.32 Å². The first-order chi connectivity index (χ1) is 13.4. The molecule has 6 heteroatoms. The third-order valence-corrected chi connectivity index (χ3v) is 5.96. The highest BCUT2D eigenvalue weighted by atomic mass is 16.1. The Morgan fingerprint density at radius 3 is 2.96 bits per heavy atom. The molecule has 0 saturated heterocycles. The summed E-state index contributed by atoms with van der Waals surface area (Å²) in [5.74, 6) is 0.511. The Kier molecular flexibility index (Phi) is 4.72. The summed E-state index contributed by atoms with van der Waals surface area (Å²) in [6, 6.07) is 8.22. The van der Waals surface area contributed by atoms with Gasteiger partial charge in [-0.1, -0.05) is 20.3 Å². The third-order valence-electron chi connectivity index (χ3n) is 5.96. The number of nitrogens with zero attached hydrogens (tertiary/aromatic N) is 3. The summed E-state index contributed by atoms with van der Waals surface area (Å²) in [6.07, 6.45) is 6.25. The first-order valence-electron chi connectivity index (χ1n) is 10.0. The molecule has 1 aliphatic heterocycles. The summed E-state index contributed by atoms with van der Waals surface area (Å²) in [4.78, 5) is 17.0. The summed E-state index contributed by atoms with van der Waals surface area (Å²) in [5, 5.41) is 12.5. The molecule has 146 valence electrons. The number of fused-ring (bicyclic) bond motifs is 1. The molecule has 4 rings (SSSR count). The van der Waals surface area contributed by atoms with E-state index in [1.807, 2.05) is 18.2 Å². The Morgan fingerprint density at radius 2 is 2.21 bits per heavy atom. The van der Waals surface area contributed by atoms with Crippen LogP contribution in [0.4, 0.5) is 5.82 Å². The van der Waals surface area contributed by atoms with Gasteiger partial charge in [0.15, 0.2) is 0 Å². The summed E-state index contributed by atoms with van der Waals surface area (Å²) in [7, 11) is 0. The van der Waals surface area contributed by atoms with Crippen LogP contribution in [0.15, 0.2) is 24.4 Å². The zero-order valence-electron chi connectivity index (χ0n) is 16.5. The van der Waals surface area contributed by atoms with E-state index >= 15 is 0 Å². The minimum atomic E-state index is -0.0427. The van der Waals surface area contributed by atoms with Crippen LogP contribution in [-0.4, -0.2) is 21.5 Å². The zero-order chi connectivity index (χ0) is 19.9. The topological polar surface area (TPSA) is 96.7 Å². The average molecular weight is 377 g/mol. The molecule has 0 unspecified atom stereocenters. The number of nitrogens with two attached hydrogens (primary N) is 1. The van der Waals surface area contributed by atoms with Crippen molar-refractivity contribution in [1.82, 2.24) is 9.55 Å². The number of anilines is 1. The lowest BCUT2D eigenvalue weighted by Crippen LogP contribution is -2.34. The molecule has 2 aliphatic rings. The first-order valence-corrected chi connectivity index (χ1v) is 10.0. The van der Waals surface area contributed by atoms with Crippen molar-refractivity contribution in [1.29, 1.82) is 5.26 Å². The Balaban J connectivity index is 1.59. The van der Waals surface area contributed by atoms with Crippen molar-refractivity contribution in [2.45, 2.75) is 58.5 Å². The number of nitrogens with one attached hydrogen (secondary N) is 1. The lowest BCUT2D eigenvalue weighted by Gasteiger charge is -2.25. The molecule has 2 aromatic heterocycles. The van der Waals surface area contributed by atoms with Gasteiger partial charge in [0, 0.05) is 36.0 Å². The second kappa shape index (κ2) is 7.06.